The van der Waals surface area contributed by atoms with E-state index in [0.717, 1.165) is 0 Å². The largest absolute Gasteiger partial charge is 0.490 e. The number of hydrogen-bond donors (Lipinski definition) is 1. The predicted octanol–water partition coefficient (Wildman–Crippen LogP) is 3.02. The summed E-state index contributed by atoms with van der Waals surface area (Å²) < 4.78 is 18.0. The number of carbonyl (C=O) groups is 1. The van der Waals surface area contributed by atoms with Crippen LogP contribution in [0.1, 0.15) is 23.1 Å². The Morgan fingerprint density at radius 2 is 2.16 bits per heavy atom. The monoisotopic (exact) mass is 339 g/mol. The second kappa shape index (κ2) is 6.01. The lowest BCUT2D eigenvalue weighted by molar-refractivity contribution is 0.102. The average molecular weight is 339 g/mol. The maximum atomic E-state index is 12.8. The van der Waals surface area contributed by atoms with Crippen molar-refractivity contribution in [3.8, 4) is 17.2 Å². The second-order valence-corrected chi connectivity index (χ2v) is 5.57. The van der Waals surface area contributed by atoms with E-state index >= 15 is 0 Å². The summed E-state index contributed by atoms with van der Waals surface area (Å²) in [7, 11) is 0. The van der Waals surface area contributed by atoms with Crippen molar-refractivity contribution in [1.82, 2.24) is 9.38 Å². The maximum absolute atomic E-state index is 12.8. The number of imidazole rings is 1. The molecule has 0 radical (unpaired) electrons. The summed E-state index contributed by atoms with van der Waals surface area (Å²) >= 11 is 0. The quantitative estimate of drug-likeness (QED) is 0.791. The van der Waals surface area contributed by atoms with Gasteiger partial charge in [-0.1, -0.05) is 0 Å². The molecule has 1 aliphatic rings. The highest BCUT2D eigenvalue weighted by Crippen LogP contribution is 2.34. The minimum absolute atomic E-state index is 0.194. The van der Waals surface area contributed by atoms with Crippen molar-refractivity contribution in [2.45, 2.75) is 13.8 Å². The number of anilines is 1. The van der Waals surface area contributed by atoms with Gasteiger partial charge in [-0.25, -0.2) is 4.98 Å². The third kappa shape index (κ3) is 2.63. The van der Waals surface area contributed by atoms with Crippen LogP contribution in [0.5, 0.6) is 17.2 Å². The highest BCUT2D eigenvalue weighted by Gasteiger charge is 2.20. The number of hydrogen-bond acceptors (Lipinski definition) is 5. The summed E-state index contributed by atoms with van der Waals surface area (Å²) in [5.41, 5.74) is 2.35. The molecular weight excluding hydrogens is 322 g/mol. The van der Waals surface area contributed by atoms with E-state index in [1.165, 1.54) is 0 Å². The summed E-state index contributed by atoms with van der Waals surface area (Å²) in [5, 5.41) is 2.88. The van der Waals surface area contributed by atoms with E-state index in [1.54, 1.807) is 35.7 Å². The van der Waals surface area contributed by atoms with Crippen molar-refractivity contribution >= 4 is 17.2 Å². The number of nitrogens with one attached hydrogen (secondary N) is 1. The van der Waals surface area contributed by atoms with Gasteiger partial charge in [0.05, 0.1) is 12.3 Å². The van der Waals surface area contributed by atoms with Gasteiger partial charge in [0, 0.05) is 18.0 Å². The minimum Gasteiger partial charge on any atom is -0.490 e. The Morgan fingerprint density at radius 3 is 3.00 bits per heavy atom. The summed E-state index contributed by atoms with van der Waals surface area (Å²) in [4.78, 5) is 17.3. The molecule has 0 spiro atoms. The predicted molar refractivity (Wildman–Crippen MR) is 91.6 cm³/mol. The third-order valence-electron chi connectivity index (χ3n) is 3.93. The van der Waals surface area contributed by atoms with E-state index in [-0.39, 0.29) is 12.7 Å². The Bertz CT molecular complexity index is 964. The van der Waals surface area contributed by atoms with Crippen LogP contribution in [0.25, 0.3) is 5.65 Å². The lowest BCUT2D eigenvalue weighted by atomic mass is 10.2. The van der Waals surface area contributed by atoms with Gasteiger partial charge in [-0.05, 0) is 38.1 Å². The van der Waals surface area contributed by atoms with Gasteiger partial charge >= 0.3 is 0 Å². The van der Waals surface area contributed by atoms with Gasteiger partial charge in [0.2, 0.25) is 6.79 Å². The van der Waals surface area contributed by atoms with Crippen LogP contribution < -0.4 is 19.5 Å². The van der Waals surface area contributed by atoms with Crippen molar-refractivity contribution in [3.63, 3.8) is 0 Å². The fourth-order valence-electron chi connectivity index (χ4n) is 2.86. The molecule has 1 aliphatic heterocycles. The van der Waals surface area contributed by atoms with Gasteiger partial charge < -0.3 is 19.5 Å². The Kier molecular flexibility index (Phi) is 3.68. The number of aromatic nitrogens is 2. The van der Waals surface area contributed by atoms with Crippen molar-refractivity contribution in [3.05, 3.63) is 47.9 Å². The number of benzene rings is 1. The van der Waals surface area contributed by atoms with Crippen LogP contribution in [-0.2, 0) is 0 Å². The normalized spacial score (nSPS) is 12.4. The number of fused-ring (bicyclic) bond motifs is 2. The number of pyridine rings is 1. The van der Waals surface area contributed by atoms with Gasteiger partial charge in [-0.3, -0.25) is 9.20 Å². The van der Waals surface area contributed by atoms with Crippen LogP contribution >= 0.6 is 0 Å². The van der Waals surface area contributed by atoms with Crippen LogP contribution in [0, 0.1) is 6.92 Å². The number of amides is 1. The fraction of sp³-hybridized carbons (Fsp3) is 0.222. The molecule has 0 atom stereocenters. The maximum Gasteiger partial charge on any atom is 0.274 e. The van der Waals surface area contributed by atoms with E-state index in [4.69, 9.17) is 14.2 Å². The molecule has 0 unspecified atom stereocenters. The highest BCUT2D eigenvalue weighted by atomic mass is 16.7. The van der Waals surface area contributed by atoms with E-state index in [9.17, 15) is 4.79 Å². The molecule has 7 heteroatoms. The Balaban J connectivity index is 1.68. The van der Waals surface area contributed by atoms with Crippen molar-refractivity contribution < 1.29 is 19.0 Å². The third-order valence-corrected chi connectivity index (χ3v) is 3.93. The topological polar surface area (TPSA) is 74.1 Å². The number of ether oxygens (including phenoxy) is 3. The Morgan fingerprint density at radius 1 is 1.32 bits per heavy atom. The van der Waals surface area contributed by atoms with Crippen LogP contribution in [0.2, 0.25) is 0 Å². The first kappa shape index (κ1) is 15.3. The molecule has 0 fully saturated rings. The van der Waals surface area contributed by atoms with E-state index in [1.807, 2.05) is 19.1 Å². The summed E-state index contributed by atoms with van der Waals surface area (Å²) in [6.07, 6.45) is 1.80. The highest BCUT2D eigenvalue weighted by molar-refractivity contribution is 6.04. The molecule has 128 valence electrons. The summed E-state index contributed by atoms with van der Waals surface area (Å²) in [5.74, 6) is 1.68. The Labute approximate surface area is 144 Å². The average Bonchev–Trinajstić information content (AvgIpc) is 3.18. The van der Waals surface area contributed by atoms with Gasteiger partial charge in [0.1, 0.15) is 5.69 Å². The smallest absolute Gasteiger partial charge is 0.274 e. The molecule has 2 aromatic heterocycles. The van der Waals surface area contributed by atoms with Crippen LogP contribution in [0.3, 0.4) is 0 Å². The minimum atomic E-state index is -0.252. The summed E-state index contributed by atoms with van der Waals surface area (Å²) in [6, 6.07) is 8.95. The molecule has 0 aliphatic carbocycles. The van der Waals surface area contributed by atoms with E-state index in [2.05, 4.69) is 10.3 Å². The molecule has 3 heterocycles. The van der Waals surface area contributed by atoms with E-state index in [0.29, 0.717) is 46.6 Å². The number of carbonyl (C=O) groups excluding carboxylic acids is 1. The van der Waals surface area contributed by atoms with Crippen molar-refractivity contribution in [1.29, 1.82) is 0 Å². The first-order valence-electron chi connectivity index (χ1n) is 7.99. The van der Waals surface area contributed by atoms with Gasteiger partial charge in [0.25, 0.3) is 5.91 Å². The lowest BCUT2D eigenvalue weighted by Crippen LogP contribution is -2.15. The molecule has 1 N–H and O–H groups in total. The lowest BCUT2D eigenvalue weighted by Gasteiger charge is -2.08. The molecule has 4 rings (SSSR count). The van der Waals surface area contributed by atoms with E-state index < -0.39 is 0 Å². The van der Waals surface area contributed by atoms with Gasteiger partial charge in [-0.15, -0.1) is 0 Å². The van der Waals surface area contributed by atoms with Crippen LogP contribution in [-0.4, -0.2) is 28.7 Å². The Hall–Kier alpha value is -3.22. The molecule has 25 heavy (non-hydrogen) atoms. The molecule has 0 saturated carbocycles. The van der Waals surface area contributed by atoms with Crippen LogP contribution in [0.15, 0.2) is 36.5 Å². The molecule has 0 bridgehead atoms. The molecular formula is C18H17N3O4. The van der Waals surface area contributed by atoms with Crippen LogP contribution in [0.4, 0.5) is 5.69 Å². The number of nitrogens with zero attached hydrogens (tertiary/aromatic N) is 2. The first-order chi connectivity index (χ1) is 12.2. The molecule has 7 nitrogen and oxygen atoms in total. The fourth-order valence-corrected chi connectivity index (χ4v) is 2.86. The zero-order chi connectivity index (χ0) is 17.4. The number of rotatable bonds is 4. The summed E-state index contributed by atoms with van der Waals surface area (Å²) in [6.45, 7) is 4.44. The SMILES string of the molecule is CCOc1cccn2c(C(=O)Nc3ccc4c(c3)OCO4)c(C)nc12. The standard InChI is InChI=1S/C18H17N3O4/c1-3-23-14-5-4-8-21-16(11(2)19-17(14)21)18(22)20-12-6-7-13-15(9-12)25-10-24-13/h4-9H,3,10H2,1-2H3,(H,20,22). The molecule has 0 saturated heterocycles. The van der Waals surface area contributed by atoms with Crippen molar-refractivity contribution in [2.24, 2.45) is 0 Å². The van der Waals surface area contributed by atoms with Gasteiger partial charge in [-0.2, -0.15) is 0 Å². The molecule has 1 amide bonds. The molecule has 3 aromatic rings. The first-order valence-corrected chi connectivity index (χ1v) is 7.99. The van der Waals surface area contributed by atoms with Gasteiger partial charge in [0.15, 0.2) is 22.9 Å². The second-order valence-electron chi connectivity index (χ2n) is 5.57. The number of aryl methyl sites for hydroxylation is 1. The zero-order valence-corrected chi connectivity index (χ0v) is 13.9. The molecule has 1 aromatic carbocycles. The van der Waals surface area contributed by atoms with Crippen molar-refractivity contribution in [2.75, 3.05) is 18.7 Å². The zero-order valence-electron chi connectivity index (χ0n) is 13.9.